The Morgan fingerprint density at radius 1 is 1.32 bits per heavy atom. The van der Waals surface area contributed by atoms with Gasteiger partial charge in [0.15, 0.2) is 0 Å². The maximum Gasteiger partial charge on any atom is 0.263 e. The Morgan fingerprint density at radius 2 is 2.05 bits per heavy atom. The average Bonchev–Trinajstić information content (AvgIpc) is 3.07. The van der Waals surface area contributed by atoms with Crippen molar-refractivity contribution in [3.05, 3.63) is 10.4 Å². The summed E-state index contributed by atoms with van der Waals surface area (Å²) in [6, 6.07) is 2.82. The molecule has 0 aliphatic heterocycles. The maximum atomic E-state index is 12.0. The number of carbonyl (C=O) groups is 1. The van der Waals surface area contributed by atoms with Crippen molar-refractivity contribution < 1.29 is 4.79 Å². The lowest BCUT2D eigenvalue weighted by molar-refractivity contribution is 0.0956. The van der Waals surface area contributed by atoms with Crippen LogP contribution in [0.25, 0.3) is 0 Å². The molecule has 0 bridgehead atoms. The number of amides is 1. The van der Waals surface area contributed by atoms with Crippen molar-refractivity contribution in [3.8, 4) is 6.07 Å². The molecule has 100 valence electrons. The predicted molar refractivity (Wildman–Crippen MR) is 75.2 cm³/mol. The van der Waals surface area contributed by atoms with Gasteiger partial charge in [-0.15, -0.1) is 11.3 Å². The molecule has 4 N–H and O–H groups in total. The number of nitrogens with one attached hydrogen (secondary N) is 2. The molecule has 0 atom stereocenters. The second kappa shape index (κ2) is 4.74. The van der Waals surface area contributed by atoms with Gasteiger partial charge in [-0.2, -0.15) is 5.26 Å². The van der Waals surface area contributed by atoms with Gasteiger partial charge in [0.1, 0.15) is 21.5 Å². The Balaban J connectivity index is 1.82. The lowest BCUT2D eigenvalue weighted by Gasteiger charge is -2.26. The summed E-state index contributed by atoms with van der Waals surface area (Å²) in [5.74, 6) is -0.150. The molecule has 0 radical (unpaired) electrons. The number of nitrogen functional groups attached to an aromatic ring is 1. The van der Waals surface area contributed by atoms with E-state index in [0.29, 0.717) is 28.2 Å². The first kappa shape index (κ1) is 12.3. The van der Waals surface area contributed by atoms with E-state index in [1.54, 1.807) is 0 Å². The van der Waals surface area contributed by atoms with E-state index >= 15 is 0 Å². The topological polar surface area (TPSA) is 90.9 Å². The van der Waals surface area contributed by atoms with Crippen LogP contribution in [0.3, 0.4) is 0 Å². The average molecular weight is 276 g/mol. The molecule has 3 rings (SSSR count). The van der Waals surface area contributed by atoms with Crippen molar-refractivity contribution >= 4 is 27.9 Å². The summed E-state index contributed by atoms with van der Waals surface area (Å²) < 4.78 is 0. The summed E-state index contributed by atoms with van der Waals surface area (Å²) >= 11 is 1.30. The fourth-order valence-corrected chi connectivity index (χ4v) is 3.09. The van der Waals surface area contributed by atoms with Gasteiger partial charge in [-0.05, 0) is 32.1 Å². The van der Waals surface area contributed by atoms with E-state index < -0.39 is 0 Å². The van der Waals surface area contributed by atoms with E-state index in [9.17, 15) is 10.1 Å². The van der Waals surface area contributed by atoms with Crippen LogP contribution >= 0.6 is 11.3 Å². The molecule has 19 heavy (non-hydrogen) atoms. The molecule has 0 spiro atoms. The highest BCUT2D eigenvalue weighted by Crippen LogP contribution is 2.37. The Hall–Kier alpha value is -1.74. The third kappa shape index (κ3) is 2.38. The van der Waals surface area contributed by atoms with Crippen LogP contribution in [-0.4, -0.2) is 18.0 Å². The highest BCUT2D eigenvalue weighted by Gasteiger charge is 2.28. The number of hydrogen-bond donors (Lipinski definition) is 3. The second-order valence-electron chi connectivity index (χ2n) is 5.18. The Morgan fingerprint density at radius 3 is 2.58 bits per heavy atom. The summed E-state index contributed by atoms with van der Waals surface area (Å²) in [5, 5.41) is 16.2. The highest BCUT2D eigenvalue weighted by atomic mass is 32.1. The third-order valence-corrected chi connectivity index (χ3v) is 4.75. The van der Waals surface area contributed by atoms with E-state index in [2.05, 4.69) is 16.7 Å². The number of nitriles is 1. The molecule has 2 aliphatic carbocycles. The monoisotopic (exact) mass is 276 g/mol. The quantitative estimate of drug-likeness (QED) is 0.785. The van der Waals surface area contributed by atoms with E-state index in [-0.39, 0.29) is 5.91 Å². The van der Waals surface area contributed by atoms with Gasteiger partial charge in [0.2, 0.25) is 0 Å². The van der Waals surface area contributed by atoms with Gasteiger partial charge in [0.25, 0.3) is 5.91 Å². The minimum atomic E-state index is -0.150. The molecule has 0 aromatic carbocycles. The largest absolute Gasteiger partial charge is 0.396 e. The van der Waals surface area contributed by atoms with Gasteiger partial charge in [-0.25, -0.2) is 0 Å². The van der Waals surface area contributed by atoms with Gasteiger partial charge in [0, 0.05) is 12.1 Å². The van der Waals surface area contributed by atoms with E-state index in [4.69, 9.17) is 5.73 Å². The number of anilines is 2. The molecule has 2 fully saturated rings. The first-order valence-electron chi connectivity index (χ1n) is 6.58. The zero-order valence-electron chi connectivity index (χ0n) is 10.5. The van der Waals surface area contributed by atoms with Crippen molar-refractivity contribution in [2.45, 2.75) is 44.2 Å². The number of hydrogen-bond acceptors (Lipinski definition) is 5. The van der Waals surface area contributed by atoms with Crippen molar-refractivity contribution in [1.29, 1.82) is 5.26 Å². The first-order chi connectivity index (χ1) is 9.19. The molecule has 1 amide bonds. The lowest BCUT2D eigenvalue weighted by Crippen LogP contribution is -2.26. The van der Waals surface area contributed by atoms with E-state index in [0.717, 1.165) is 30.7 Å². The molecular weight excluding hydrogens is 260 g/mol. The maximum absolute atomic E-state index is 12.0. The van der Waals surface area contributed by atoms with Crippen LogP contribution in [0.2, 0.25) is 0 Å². The Bertz CT molecular complexity index is 552. The molecule has 0 saturated heterocycles. The van der Waals surface area contributed by atoms with E-state index in [1.165, 1.54) is 17.8 Å². The Kier molecular flexibility index (Phi) is 3.07. The Labute approximate surface area is 115 Å². The van der Waals surface area contributed by atoms with Crippen LogP contribution in [0.15, 0.2) is 0 Å². The molecule has 0 unspecified atom stereocenters. The predicted octanol–water partition coefficient (Wildman–Crippen LogP) is 2.06. The van der Waals surface area contributed by atoms with Crippen LogP contribution in [0, 0.1) is 11.3 Å². The summed E-state index contributed by atoms with van der Waals surface area (Å²) in [6.07, 6.45) is 5.53. The lowest BCUT2D eigenvalue weighted by atomic mass is 9.93. The minimum Gasteiger partial charge on any atom is -0.396 e. The number of nitrogens with two attached hydrogens (primary N) is 1. The standard InChI is InChI=1S/C13H16N4OS/c14-6-9-10(15)11(12(18)16-8-4-5-8)19-13(9)17-7-2-1-3-7/h7-8,17H,1-5,15H2,(H,16,18). The minimum absolute atomic E-state index is 0.150. The van der Waals surface area contributed by atoms with Gasteiger partial charge >= 0.3 is 0 Å². The smallest absolute Gasteiger partial charge is 0.263 e. The van der Waals surface area contributed by atoms with Gasteiger partial charge < -0.3 is 16.4 Å². The summed E-state index contributed by atoms with van der Waals surface area (Å²) in [4.78, 5) is 12.5. The number of carbonyl (C=O) groups excluding carboxylic acids is 1. The first-order valence-corrected chi connectivity index (χ1v) is 7.40. The molecular formula is C13H16N4OS. The summed E-state index contributed by atoms with van der Waals surface area (Å²) in [5.41, 5.74) is 6.66. The zero-order valence-corrected chi connectivity index (χ0v) is 11.3. The SMILES string of the molecule is N#Cc1c(NC2CCC2)sc(C(=O)NC2CC2)c1N. The van der Waals surface area contributed by atoms with Crippen LogP contribution in [0.5, 0.6) is 0 Å². The molecule has 6 heteroatoms. The fourth-order valence-electron chi connectivity index (χ4n) is 2.04. The molecule has 1 aromatic heterocycles. The normalized spacial score (nSPS) is 18.5. The second-order valence-corrected chi connectivity index (χ2v) is 6.20. The van der Waals surface area contributed by atoms with E-state index in [1.807, 2.05) is 0 Å². The van der Waals surface area contributed by atoms with Crippen LogP contribution in [-0.2, 0) is 0 Å². The van der Waals surface area contributed by atoms with Crippen LogP contribution in [0.1, 0.15) is 47.3 Å². The number of thiophene rings is 1. The zero-order chi connectivity index (χ0) is 13.4. The van der Waals surface area contributed by atoms with Gasteiger partial charge in [0.05, 0.1) is 5.69 Å². The van der Waals surface area contributed by atoms with Crippen molar-refractivity contribution in [2.24, 2.45) is 0 Å². The molecule has 2 saturated carbocycles. The highest BCUT2D eigenvalue weighted by molar-refractivity contribution is 7.19. The third-order valence-electron chi connectivity index (χ3n) is 3.62. The van der Waals surface area contributed by atoms with Crippen LogP contribution in [0.4, 0.5) is 10.7 Å². The molecule has 2 aliphatic rings. The fraction of sp³-hybridized carbons (Fsp3) is 0.538. The number of rotatable bonds is 4. The van der Waals surface area contributed by atoms with Crippen LogP contribution < -0.4 is 16.4 Å². The van der Waals surface area contributed by atoms with Crippen molar-refractivity contribution in [3.63, 3.8) is 0 Å². The van der Waals surface area contributed by atoms with Crippen molar-refractivity contribution in [2.75, 3.05) is 11.1 Å². The molecule has 1 heterocycles. The van der Waals surface area contributed by atoms with Gasteiger partial charge in [-0.1, -0.05) is 0 Å². The number of nitrogens with zero attached hydrogens (tertiary/aromatic N) is 1. The molecule has 5 nitrogen and oxygen atoms in total. The molecule has 1 aromatic rings. The summed E-state index contributed by atoms with van der Waals surface area (Å²) in [7, 11) is 0. The summed E-state index contributed by atoms with van der Waals surface area (Å²) in [6.45, 7) is 0. The van der Waals surface area contributed by atoms with Gasteiger partial charge in [-0.3, -0.25) is 4.79 Å². The van der Waals surface area contributed by atoms with Crippen molar-refractivity contribution in [1.82, 2.24) is 5.32 Å².